The highest BCUT2D eigenvalue weighted by Crippen LogP contribution is 2.38. The standard InChI is InChI=1S/C14H22N4O/c1-15-12-7-13(18-14(17-12)10-3-4-10)16-8-9-2-5-11(19)6-9/h7,9-11,19H,2-6,8H2,1H3,(H2,15,16,17,18). The van der Waals surface area contributed by atoms with Gasteiger partial charge in [-0.2, -0.15) is 0 Å². The fraction of sp³-hybridized carbons (Fsp3) is 0.714. The lowest BCUT2D eigenvalue weighted by atomic mass is 10.1. The molecule has 2 aliphatic carbocycles. The van der Waals surface area contributed by atoms with Gasteiger partial charge >= 0.3 is 0 Å². The summed E-state index contributed by atoms with van der Waals surface area (Å²) in [4.78, 5) is 9.10. The maximum atomic E-state index is 9.54. The highest BCUT2D eigenvalue weighted by atomic mass is 16.3. The fourth-order valence-corrected chi connectivity index (χ4v) is 2.69. The Bertz CT molecular complexity index is 447. The van der Waals surface area contributed by atoms with Crippen LogP contribution in [-0.2, 0) is 0 Å². The minimum atomic E-state index is -0.105. The van der Waals surface area contributed by atoms with Crippen LogP contribution in [0.25, 0.3) is 0 Å². The van der Waals surface area contributed by atoms with Crippen LogP contribution in [0.5, 0.6) is 0 Å². The third-order valence-electron chi connectivity index (χ3n) is 4.03. The minimum absolute atomic E-state index is 0.105. The van der Waals surface area contributed by atoms with Crippen LogP contribution in [0, 0.1) is 5.92 Å². The van der Waals surface area contributed by atoms with Crippen LogP contribution in [0.1, 0.15) is 43.8 Å². The van der Waals surface area contributed by atoms with Crippen LogP contribution in [-0.4, -0.2) is 34.8 Å². The molecule has 3 rings (SSSR count). The van der Waals surface area contributed by atoms with Gasteiger partial charge in [-0.3, -0.25) is 0 Å². The van der Waals surface area contributed by atoms with Crippen LogP contribution >= 0.6 is 0 Å². The fourth-order valence-electron chi connectivity index (χ4n) is 2.69. The van der Waals surface area contributed by atoms with Gasteiger partial charge in [0.2, 0.25) is 0 Å². The first-order valence-electron chi connectivity index (χ1n) is 7.23. The molecule has 0 aromatic carbocycles. The molecule has 19 heavy (non-hydrogen) atoms. The average Bonchev–Trinajstić information content (AvgIpc) is 3.19. The third kappa shape index (κ3) is 3.15. The summed E-state index contributed by atoms with van der Waals surface area (Å²) in [7, 11) is 1.89. The topological polar surface area (TPSA) is 70.1 Å². The van der Waals surface area contributed by atoms with E-state index in [4.69, 9.17) is 0 Å². The Labute approximate surface area is 113 Å². The minimum Gasteiger partial charge on any atom is -0.393 e. The Morgan fingerprint density at radius 2 is 2.00 bits per heavy atom. The molecule has 2 aliphatic rings. The molecule has 5 heteroatoms. The maximum absolute atomic E-state index is 9.54. The molecule has 0 amide bonds. The van der Waals surface area contributed by atoms with Crippen LogP contribution in [0.4, 0.5) is 11.6 Å². The van der Waals surface area contributed by atoms with E-state index in [0.717, 1.165) is 43.3 Å². The van der Waals surface area contributed by atoms with E-state index in [9.17, 15) is 5.11 Å². The van der Waals surface area contributed by atoms with E-state index in [1.165, 1.54) is 12.8 Å². The number of hydrogen-bond donors (Lipinski definition) is 3. The zero-order valence-electron chi connectivity index (χ0n) is 11.4. The van der Waals surface area contributed by atoms with Crippen LogP contribution in [0.15, 0.2) is 6.07 Å². The van der Waals surface area contributed by atoms with E-state index in [2.05, 4.69) is 20.6 Å². The summed E-state index contributed by atoms with van der Waals surface area (Å²) in [6.45, 7) is 0.890. The van der Waals surface area contributed by atoms with Crippen LogP contribution in [0.3, 0.4) is 0 Å². The highest BCUT2D eigenvalue weighted by molar-refractivity contribution is 5.47. The zero-order valence-corrected chi connectivity index (χ0v) is 11.4. The van der Waals surface area contributed by atoms with Gasteiger partial charge < -0.3 is 15.7 Å². The van der Waals surface area contributed by atoms with E-state index in [-0.39, 0.29) is 6.10 Å². The Hall–Kier alpha value is -1.36. The first-order chi connectivity index (χ1) is 9.24. The average molecular weight is 262 g/mol. The molecule has 104 valence electrons. The van der Waals surface area contributed by atoms with E-state index in [0.29, 0.717) is 11.8 Å². The molecule has 0 saturated heterocycles. The van der Waals surface area contributed by atoms with Crippen LogP contribution < -0.4 is 10.6 Å². The van der Waals surface area contributed by atoms with Gasteiger partial charge in [0.1, 0.15) is 17.5 Å². The Kier molecular flexibility index (Phi) is 3.55. The Balaban J connectivity index is 1.64. The molecular formula is C14H22N4O. The second-order valence-corrected chi connectivity index (χ2v) is 5.73. The van der Waals surface area contributed by atoms with Gasteiger partial charge in [-0.1, -0.05) is 0 Å². The number of nitrogens with one attached hydrogen (secondary N) is 2. The van der Waals surface area contributed by atoms with Gasteiger partial charge in [-0.15, -0.1) is 0 Å². The first-order valence-corrected chi connectivity index (χ1v) is 7.23. The van der Waals surface area contributed by atoms with Gasteiger partial charge in [-0.05, 0) is 38.0 Å². The molecule has 1 aromatic heterocycles. The predicted molar refractivity (Wildman–Crippen MR) is 75.4 cm³/mol. The van der Waals surface area contributed by atoms with Crippen molar-refractivity contribution < 1.29 is 5.11 Å². The van der Waals surface area contributed by atoms with Crippen molar-refractivity contribution in [3.05, 3.63) is 11.9 Å². The number of aromatic nitrogens is 2. The smallest absolute Gasteiger partial charge is 0.136 e. The third-order valence-corrected chi connectivity index (χ3v) is 4.03. The molecule has 2 atom stereocenters. The second kappa shape index (κ2) is 5.33. The van der Waals surface area contributed by atoms with Gasteiger partial charge in [0.25, 0.3) is 0 Å². The predicted octanol–water partition coefficient (Wildman–Crippen LogP) is 1.97. The molecule has 3 N–H and O–H groups in total. The highest BCUT2D eigenvalue weighted by Gasteiger charge is 2.27. The molecule has 0 bridgehead atoms. The van der Waals surface area contributed by atoms with Crippen molar-refractivity contribution >= 4 is 11.6 Å². The molecule has 0 radical (unpaired) electrons. The lowest BCUT2D eigenvalue weighted by molar-refractivity contribution is 0.178. The Morgan fingerprint density at radius 3 is 2.63 bits per heavy atom. The van der Waals surface area contributed by atoms with E-state index in [1.807, 2.05) is 13.1 Å². The van der Waals surface area contributed by atoms with Crippen molar-refractivity contribution in [2.75, 3.05) is 24.2 Å². The summed E-state index contributed by atoms with van der Waals surface area (Å²) in [6, 6.07) is 1.96. The molecule has 1 aromatic rings. The van der Waals surface area contributed by atoms with Gasteiger partial charge in [0, 0.05) is 25.6 Å². The molecule has 2 fully saturated rings. The normalized spacial score (nSPS) is 26.4. The summed E-state index contributed by atoms with van der Waals surface area (Å²) in [5.74, 6) is 3.86. The molecular weight excluding hydrogens is 240 g/mol. The summed E-state index contributed by atoms with van der Waals surface area (Å²) >= 11 is 0. The number of rotatable bonds is 5. The summed E-state index contributed by atoms with van der Waals surface area (Å²) < 4.78 is 0. The zero-order chi connectivity index (χ0) is 13.2. The molecule has 2 unspecified atom stereocenters. The largest absolute Gasteiger partial charge is 0.393 e. The van der Waals surface area contributed by atoms with Crippen molar-refractivity contribution in [3.63, 3.8) is 0 Å². The van der Waals surface area contributed by atoms with Gasteiger partial charge in [0.05, 0.1) is 6.10 Å². The number of nitrogens with zero attached hydrogens (tertiary/aromatic N) is 2. The molecule has 2 saturated carbocycles. The van der Waals surface area contributed by atoms with Crippen molar-refractivity contribution in [1.82, 2.24) is 9.97 Å². The first kappa shape index (κ1) is 12.7. The van der Waals surface area contributed by atoms with Crippen molar-refractivity contribution in [3.8, 4) is 0 Å². The quantitative estimate of drug-likeness (QED) is 0.757. The summed E-state index contributed by atoms with van der Waals surface area (Å²) in [5.41, 5.74) is 0. The van der Waals surface area contributed by atoms with Gasteiger partial charge in [-0.25, -0.2) is 9.97 Å². The van der Waals surface area contributed by atoms with Crippen LogP contribution in [0.2, 0.25) is 0 Å². The number of aliphatic hydroxyl groups is 1. The van der Waals surface area contributed by atoms with Crippen molar-refractivity contribution in [1.29, 1.82) is 0 Å². The molecule has 1 heterocycles. The second-order valence-electron chi connectivity index (χ2n) is 5.73. The van der Waals surface area contributed by atoms with E-state index >= 15 is 0 Å². The summed E-state index contributed by atoms with van der Waals surface area (Å²) in [6.07, 6.45) is 5.26. The van der Waals surface area contributed by atoms with E-state index < -0.39 is 0 Å². The molecule has 0 aliphatic heterocycles. The Morgan fingerprint density at radius 1 is 1.21 bits per heavy atom. The van der Waals surface area contributed by atoms with E-state index in [1.54, 1.807) is 0 Å². The monoisotopic (exact) mass is 262 g/mol. The number of hydrogen-bond acceptors (Lipinski definition) is 5. The molecule has 5 nitrogen and oxygen atoms in total. The number of aliphatic hydroxyl groups excluding tert-OH is 1. The molecule has 0 spiro atoms. The summed E-state index contributed by atoms with van der Waals surface area (Å²) in [5, 5.41) is 16.0. The lowest BCUT2D eigenvalue weighted by Crippen LogP contribution is -2.14. The maximum Gasteiger partial charge on any atom is 0.136 e. The van der Waals surface area contributed by atoms with Gasteiger partial charge in [0.15, 0.2) is 0 Å². The van der Waals surface area contributed by atoms with Crippen molar-refractivity contribution in [2.24, 2.45) is 5.92 Å². The SMILES string of the molecule is CNc1cc(NCC2CCC(O)C2)nc(C2CC2)n1. The lowest BCUT2D eigenvalue weighted by Gasteiger charge is -2.13. The number of anilines is 2. The van der Waals surface area contributed by atoms with Crippen molar-refractivity contribution in [2.45, 2.75) is 44.1 Å².